The minimum absolute atomic E-state index is 0.0401. The number of piperidine rings is 1. The molecule has 0 aromatic heterocycles. The Labute approximate surface area is 132 Å². The minimum atomic E-state index is -0.0408. The van der Waals surface area contributed by atoms with Gasteiger partial charge in [0.2, 0.25) is 0 Å². The average Bonchev–Trinajstić information content (AvgIpc) is 2.35. The van der Waals surface area contributed by atoms with E-state index < -0.39 is 0 Å². The van der Waals surface area contributed by atoms with Crippen molar-refractivity contribution >= 4 is 40.1 Å². The van der Waals surface area contributed by atoms with Gasteiger partial charge in [-0.15, -0.1) is 0 Å². The number of likely N-dealkylation sites (tertiary alicyclic amines) is 1. The normalized spacial score (nSPS) is 22.4. The third kappa shape index (κ3) is 3.23. The van der Waals surface area contributed by atoms with E-state index in [1.54, 1.807) is 6.07 Å². The first-order chi connectivity index (χ1) is 8.81. The van der Waals surface area contributed by atoms with Crippen molar-refractivity contribution in [2.45, 2.75) is 26.3 Å². The highest BCUT2D eigenvalue weighted by Crippen LogP contribution is 2.29. The molecule has 104 valence electrons. The third-order valence-corrected chi connectivity index (χ3v) is 5.34. The van der Waals surface area contributed by atoms with E-state index in [4.69, 9.17) is 17.3 Å². The first-order valence-electron chi connectivity index (χ1n) is 6.31. The molecule has 1 heterocycles. The molecule has 3 nitrogen and oxygen atoms in total. The van der Waals surface area contributed by atoms with Gasteiger partial charge in [-0.05, 0) is 52.6 Å². The van der Waals surface area contributed by atoms with Crippen molar-refractivity contribution in [1.29, 1.82) is 0 Å². The summed E-state index contributed by atoms with van der Waals surface area (Å²) in [6, 6.07) is 5.60. The van der Waals surface area contributed by atoms with Crippen molar-refractivity contribution in [3.8, 4) is 0 Å². The summed E-state index contributed by atoms with van der Waals surface area (Å²) in [5.41, 5.74) is 6.71. The number of carbonyl (C=O) groups is 1. The summed E-state index contributed by atoms with van der Waals surface area (Å²) < 4.78 is 0.955. The van der Waals surface area contributed by atoms with Crippen LogP contribution in [0.1, 0.15) is 30.6 Å². The van der Waals surface area contributed by atoms with Crippen LogP contribution in [0.4, 0.5) is 0 Å². The number of nitrogens with zero attached hydrogens (tertiary/aromatic N) is 1. The summed E-state index contributed by atoms with van der Waals surface area (Å²) in [6.45, 7) is 5.62. The van der Waals surface area contributed by atoms with Crippen LogP contribution < -0.4 is 5.73 Å². The summed E-state index contributed by atoms with van der Waals surface area (Å²) in [5, 5.41) is 0.624. The summed E-state index contributed by atoms with van der Waals surface area (Å²) in [4.78, 5) is 14.4. The van der Waals surface area contributed by atoms with Crippen LogP contribution in [0, 0.1) is 8.99 Å². The molecular weight excluding hydrogens is 375 g/mol. The molecule has 2 rings (SSSR count). The van der Waals surface area contributed by atoms with Gasteiger partial charge in [0.25, 0.3) is 5.91 Å². The molecule has 1 aliphatic rings. The number of amides is 1. The van der Waals surface area contributed by atoms with Gasteiger partial charge in [-0.25, -0.2) is 0 Å². The molecule has 0 bridgehead atoms. The number of carbonyl (C=O) groups excluding carboxylic acids is 1. The van der Waals surface area contributed by atoms with Crippen molar-refractivity contribution in [3.05, 3.63) is 32.4 Å². The number of rotatable bonds is 1. The van der Waals surface area contributed by atoms with Gasteiger partial charge in [-0.2, -0.15) is 0 Å². The first kappa shape index (κ1) is 15.1. The Kier molecular flexibility index (Phi) is 4.42. The summed E-state index contributed by atoms with van der Waals surface area (Å²) >= 11 is 8.23. The van der Waals surface area contributed by atoms with Crippen LogP contribution in [0.15, 0.2) is 18.2 Å². The van der Waals surface area contributed by atoms with Crippen LogP contribution in [0.5, 0.6) is 0 Å². The number of nitrogens with two attached hydrogens (primary N) is 1. The molecular formula is C14H18ClIN2O. The molecule has 1 unspecified atom stereocenters. The fourth-order valence-electron chi connectivity index (χ4n) is 2.36. The monoisotopic (exact) mass is 392 g/mol. The molecule has 1 fully saturated rings. The lowest BCUT2D eigenvalue weighted by Crippen LogP contribution is -2.54. The van der Waals surface area contributed by atoms with Crippen molar-refractivity contribution in [1.82, 2.24) is 4.90 Å². The zero-order valence-electron chi connectivity index (χ0n) is 11.1. The first-order valence-corrected chi connectivity index (χ1v) is 7.77. The van der Waals surface area contributed by atoms with Gasteiger partial charge >= 0.3 is 0 Å². The molecule has 19 heavy (non-hydrogen) atoms. The standard InChI is InChI=1S/C14H18ClIN2O/c1-14(2)8-18(6-5-12(14)17)13(19)9-3-4-11(16)10(15)7-9/h3-4,7,12H,5-6,8,17H2,1-2H3. The molecule has 0 saturated carbocycles. The highest BCUT2D eigenvalue weighted by Gasteiger charge is 2.35. The maximum absolute atomic E-state index is 12.5. The van der Waals surface area contributed by atoms with Crippen LogP contribution in [-0.2, 0) is 0 Å². The molecule has 1 aliphatic heterocycles. The summed E-state index contributed by atoms with van der Waals surface area (Å²) in [6.07, 6.45) is 0.844. The number of hydrogen-bond acceptors (Lipinski definition) is 2. The lowest BCUT2D eigenvalue weighted by atomic mass is 9.79. The smallest absolute Gasteiger partial charge is 0.253 e. The van der Waals surface area contributed by atoms with Crippen molar-refractivity contribution in [3.63, 3.8) is 0 Å². The van der Waals surface area contributed by atoms with Crippen LogP contribution in [-0.4, -0.2) is 29.9 Å². The molecule has 0 spiro atoms. The Balaban J connectivity index is 2.18. The predicted molar refractivity (Wildman–Crippen MR) is 86.4 cm³/mol. The van der Waals surface area contributed by atoms with Gasteiger partial charge in [0.05, 0.1) is 5.02 Å². The molecule has 2 N–H and O–H groups in total. The fourth-order valence-corrected chi connectivity index (χ4v) is 2.88. The molecule has 5 heteroatoms. The molecule has 1 aromatic rings. The zero-order chi connectivity index (χ0) is 14.2. The molecule has 0 radical (unpaired) electrons. The number of benzene rings is 1. The fraction of sp³-hybridized carbons (Fsp3) is 0.500. The van der Waals surface area contributed by atoms with Crippen molar-refractivity contribution in [2.75, 3.05) is 13.1 Å². The maximum atomic E-state index is 12.5. The quantitative estimate of drug-likeness (QED) is 0.746. The van der Waals surface area contributed by atoms with Gasteiger partial charge in [-0.3, -0.25) is 4.79 Å². The second kappa shape index (κ2) is 5.58. The van der Waals surface area contributed by atoms with Crippen LogP contribution in [0.25, 0.3) is 0 Å². The Morgan fingerprint density at radius 3 is 2.79 bits per heavy atom. The van der Waals surface area contributed by atoms with Crippen LogP contribution >= 0.6 is 34.2 Å². The van der Waals surface area contributed by atoms with Gasteiger partial charge in [-0.1, -0.05) is 25.4 Å². The Bertz CT molecular complexity index is 504. The number of halogens is 2. The van der Waals surface area contributed by atoms with Crippen molar-refractivity contribution in [2.24, 2.45) is 11.1 Å². The second-order valence-corrected chi connectivity index (χ2v) is 7.31. The van der Waals surface area contributed by atoms with Gasteiger partial charge in [0.15, 0.2) is 0 Å². The predicted octanol–water partition coefficient (Wildman–Crippen LogP) is 3.14. The lowest BCUT2D eigenvalue weighted by molar-refractivity contribution is 0.0533. The van der Waals surface area contributed by atoms with E-state index in [0.29, 0.717) is 23.7 Å². The van der Waals surface area contributed by atoms with Gasteiger partial charge in [0.1, 0.15) is 0 Å². The van der Waals surface area contributed by atoms with E-state index in [-0.39, 0.29) is 17.4 Å². The summed E-state index contributed by atoms with van der Waals surface area (Å²) in [7, 11) is 0. The Morgan fingerprint density at radius 2 is 2.21 bits per heavy atom. The number of hydrogen-bond donors (Lipinski definition) is 1. The topological polar surface area (TPSA) is 46.3 Å². The molecule has 0 aliphatic carbocycles. The zero-order valence-corrected chi connectivity index (χ0v) is 14.0. The van der Waals surface area contributed by atoms with Gasteiger partial charge in [0, 0.05) is 28.3 Å². The largest absolute Gasteiger partial charge is 0.338 e. The maximum Gasteiger partial charge on any atom is 0.253 e. The SMILES string of the molecule is CC1(C)CN(C(=O)c2ccc(I)c(Cl)c2)CCC1N. The van der Waals surface area contributed by atoms with E-state index in [0.717, 1.165) is 9.99 Å². The Hall–Kier alpha value is -0.330. The van der Waals surface area contributed by atoms with Crippen molar-refractivity contribution < 1.29 is 4.79 Å². The minimum Gasteiger partial charge on any atom is -0.338 e. The highest BCUT2D eigenvalue weighted by atomic mass is 127. The van der Waals surface area contributed by atoms with Crippen LogP contribution in [0.3, 0.4) is 0 Å². The highest BCUT2D eigenvalue weighted by molar-refractivity contribution is 14.1. The van der Waals surface area contributed by atoms with E-state index in [2.05, 4.69) is 36.4 Å². The molecule has 1 amide bonds. The summed E-state index contributed by atoms with van der Waals surface area (Å²) in [5.74, 6) is 0.0401. The van der Waals surface area contributed by atoms with E-state index in [1.165, 1.54) is 0 Å². The van der Waals surface area contributed by atoms with Crippen LogP contribution in [0.2, 0.25) is 5.02 Å². The lowest BCUT2D eigenvalue weighted by Gasteiger charge is -2.42. The van der Waals surface area contributed by atoms with Gasteiger partial charge < -0.3 is 10.6 Å². The molecule has 1 aromatic carbocycles. The van der Waals surface area contributed by atoms with E-state index >= 15 is 0 Å². The molecule has 1 saturated heterocycles. The van der Waals surface area contributed by atoms with E-state index in [9.17, 15) is 4.79 Å². The second-order valence-electron chi connectivity index (χ2n) is 5.74. The average molecular weight is 393 g/mol. The van der Waals surface area contributed by atoms with E-state index in [1.807, 2.05) is 17.0 Å². The molecule has 1 atom stereocenters. The Morgan fingerprint density at radius 1 is 1.53 bits per heavy atom. The third-order valence-electron chi connectivity index (χ3n) is 3.77.